The molecule has 1 fully saturated rings. The van der Waals surface area contributed by atoms with Crippen molar-refractivity contribution in [1.29, 1.82) is 0 Å². The van der Waals surface area contributed by atoms with E-state index in [1.54, 1.807) is 11.8 Å². The van der Waals surface area contributed by atoms with E-state index in [4.69, 9.17) is 21.3 Å². The average molecular weight is 411 g/mol. The van der Waals surface area contributed by atoms with Crippen LogP contribution in [0.3, 0.4) is 0 Å². The summed E-state index contributed by atoms with van der Waals surface area (Å²) in [5.74, 6) is 1.31. The molecule has 3 aromatic rings. The quantitative estimate of drug-likeness (QED) is 0.570. The first-order valence-corrected chi connectivity index (χ1v) is 10.8. The van der Waals surface area contributed by atoms with Gasteiger partial charge in [-0.3, -0.25) is 0 Å². The van der Waals surface area contributed by atoms with Crippen molar-refractivity contribution in [1.82, 2.24) is 15.2 Å². The van der Waals surface area contributed by atoms with E-state index in [0.29, 0.717) is 16.7 Å². The zero-order chi connectivity index (χ0) is 19.0. The van der Waals surface area contributed by atoms with Crippen molar-refractivity contribution < 1.29 is 4.74 Å². The Labute approximate surface area is 172 Å². The third-order valence-corrected chi connectivity index (χ3v) is 6.33. The first-order valence-electron chi connectivity index (χ1n) is 9.39. The molecule has 1 aliphatic heterocycles. The number of nitrogens with one attached hydrogen (secondary N) is 1. The second-order valence-electron chi connectivity index (χ2n) is 7.14. The second kappa shape index (κ2) is 7.26. The molecule has 142 valence electrons. The predicted molar refractivity (Wildman–Crippen MR) is 112 cm³/mol. The van der Waals surface area contributed by atoms with Crippen LogP contribution < -0.4 is 10.1 Å². The van der Waals surface area contributed by atoms with Crippen LogP contribution in [0.15, 0.2) is 53.7 Å². The van der Waals surface area contributed by atoms with Gasteiger partial charge < -0.3 is 10.1 Å². The van der Waals surface area contributed by atoms with Crippen LogP contribution in [-0.2, 0) is 5.75 Å². The lowest BCUT2D eigenvalue weighted by Gasteiger charge is -2.30. The first-order chi connectivity index (χ1) is 13.7. The zero-order valence-electron chi connectivity index (χ0n) is 15.2. The first kappa shape index (κ1) is 17.8. The van der Waals surface area contributed by atoms with Gasteiger partial charge in [0.05, 0.1) is 0 Å². The molecule has 1 saturated carbocycles. The van der Waals surface area contributed by atoms with Gasteiger partial charge >= 0.3 is 0 Å². The molecular formula is C21H19ClN4OS. The maximum Gasteiger partial charge on any atom is 0.247 e. The molecule has 5 rings (SSSR count). The standard InChI is InChI=1S/C21H19ClN4OS/c22-15-9-7-14(8-10-15)13-28-20-23-19-18(25-26-20)16-5-1-2-6-17(16)24-21(27-19)11-3-4-12-21/h1-2,5-10,24H,3-4,11-13H2. The second-order valence-corrected chi connectivity index (χ2v) is 8.52. The van der Waals surface area contributed by atoms with Crippen molar-refractivity contribution in [3.8, 4) is 17.1 Å². The van der Waals surface area contributed by atoms with Crippen LogP contribution in [0.2, 0.25) is 5.02 Å². The van der Waals surface area contributed by atoms with Gasteiger partial charge in [-0.15, -0.1) is 10.2 Å². The number of hydrogen-bond acceptors (Lipinski definition) is 6. The number of rotatable bonds is 3. The van der Waals surface area contributed by atoms with Gasteiger partial charge in [-0.05, 0) is 36.6 Å². The lowest BCUT2D eigenvalue weighted by molar-refractivity contribution is 0.101. The number of nitrogens with zero attached hydrogens (tertiary/aromatic N) is 3. The van der Waals surface area contributed by atoms with Crippen molar-refractivity contribution in [3.63, 3.8) is 0 Å². The fourth-order valence-corrected chi connectivity index (χ4v) is 4.62. The Hall–Kier alpha value is -2.31. The Kier molecular flexibility index (Phi) is 4.61. The lowest BCUT2D eigenvalue weighted by atomic mass is 10.1. The van der Waals surface area contributed by atoms with E-state index in [0.717, 1.165) is 53.3 Å². The molecule has 2 aromatic carbocycles. The molecule has 7 heteroatoms. The van der Waals surface area contributed by atoms with E-state index in [2.05, 4.69) is 21.6 Å². The Bertz CT molecular complexity index is 1010. The SMILES string of the molecule is Clc1ccc(CSc2nnc3c(n2)OC2(CCCC2)Nc2ccccc2-3)cc1. The van der Waals surface area contributed by atoms with E-state index >= 15 is 0 Å². The van der Waals surface area contributed by atoms with Crippen LogP contribution in [0.5, 0.6) is 5.88 Å². The largest absolute Gasteiger partial charge is 0.449 e. The van der Waals surface area contributed by atoms with Crippen molar-refractivity contribution >= 4 is 29.1 Å². The molecule has 5 nitrogen and oxygen atoms in total. The Morgan fingerprint density at radius 3 is 2.64 bits per heavy atom. The maximum absolute atomic E-state index is 6.44. The Balaban J connectivity index is 1.47. The molecule has 1 aliphatic carbocycles. The van der Waals surface area contributed by atoms with Crippen LogP contribution >= 0.6 is 23.4 Å². The molecule has 28 heavy (non-hydrogen) atoms. The van der Waals surface area contributed by atoms with Crippen LogP contribution in [0.25, 0.3) is 11.3 Å². The van der Waals surface area contributed by atoms with Crippen molar-refractivity contribution in [3.05, 3.63) is 59.1 Å². The normalized spacial score (nSPS) is 16.6. The van der Waals surface area contributed by atoms with E-state index in [-0.39, 0.29) is 0 Å². The van der Waals surface area contributed by atoms with Crippen molar-refractivity contribution in [2.45, 2.75) is 42.3 Å². The molecule has 0 atom stereocenters. The molecule has 0 amide bonds. The van der Waals surface area contributed by atoms with Crippen LogP contribution in [0.1, 0.15) is 31.2 Å². The van der Waals surface area contributed by atoms with Gasteiger partial charge in [0.2, 0.25) is 11.0 Å². The molecule has 1 spiro atoms. The highest BCUT2D eigenvalue weighted by Gasteiger charge is 2.40. The third-order valence-electron chi connectivity index (χ3n) is 5.16. The molecule has 2 heterocycles. The van der Waals surface area contributed by atoms with Gasteiger partial charge in [0.1, 0.15) is 0 Å². The van der Waals surface area contributed by atoms with Gasteiger partial charge in [-0.1, -0.05) is 53.7 Å². The third kappa shape index (κ3) is 3.42. The summed E-state index contributed by atoms with van der Waals surface area (Å²) in [5, 5.41) is 13.8. The van der Waals surface area contributed by atoms with Crippen LogP contribution in [-0.4, -0.2) is 20.9 Å². The fourth-order valence-electron chi connectivity index (χ4n) is 3.76. The van der Waals surface area contributed by atoms with Crippen molar-refractivity contribution in [2.75, 3.05) is 5.32 Å². The summed E-state index contributed by atoms with van der Waals surface area (Å²) in [6.07, 6.45) is 4.19. The van der Waals surface area contributed by atoms with E-state index in [9.17, 15) is 0 Å². The molecule has 1 N–H and O–H groups in total. The van der Waals surface area contributed by atoms with E-state index in [1.165, 1.54) is 0 Å². The highest BCUT2D eigenvalue weighted by Crippen LogP contribution is 2.43. The number of para-hydroxylation sites is 1. The number of fused-ring (bicyclic) bond motifs is 3. The molecule has 2 aliphatic rings. The summed E-state index contributed by atoms with van der Waals surface area (Å²) >= 11 is 7.50. The fraction of sp³-hybridized carbons (Fsp3) is 0.286. The zero-order valence-corrected chi connectivity index (χ0v) is 16.8. The van der Waals surface area contributed by atoms with E-state index in [1.807, 2.05) is 42.5 Å². The van der Waals surface area contributed by atoms with Crippen molar-refractivity contribution in [2.24, 2.45) is 0 Å². The molecule has 0 bridgehead atoms. The molecule has 0 unspecified atom stereocenters. The van der Waals surface area contributed by atoms with Crippen LogP contribution in [0.4, 0.5) is 5.69 Å². The highest BCUT2D eigenvalue weighted by molar-refractivity contribution is 7.98. The summed E-state index contributed by atoms with van der Waals surface area (Å²) in [7, 11) is 0. The number of aromatic nitrogens is 3. The minimum Gasteiger partial charge on any atom is -0.449 e. The number of thioether (sulfide) groups is 1. The van der Waals surface area contributed by atoms with E-state index < -0.39 is 5.72 Å². The molecule has 1 aromatic heterocycles. The number of halogens is 1. The molecule has 0 radical (unpaired) electrons. The Morgan fingerprint density at radius 1 is 1.04 bits per heavy atom. The summed E-state index contributed by atoms with van der Waals surface area (Å²) in [4.78, 5) is 4.72. The molecular weight excluding hydrogens is 392 g/mol. The van der Waals surface area contributed by atoms with Gasteiger partial charge in [0, 0.05) is 34.9 Å². The van der Waals surface area contributed by atoms with Gasteiger partial charge in [0.25, 0.3) is 0 Å². The van der Waals surface area contributed by atoms with Crippen LogP contribution in [0, 0.1) is 0 Å². The predicted octanol–water partition coefficient (Wildman–Crippen LogP) is 5.56. The monoisotopic (exact) mass is 410 g/mol. The summed E-state index contributed by atoms with van der Waals surface area (Å²) < 4.78 is 6.44. The minimum atomic E-state index is -0.407. The number of anilines is 1. The maximum atomic E-state index is 6.44. The highest BCUT2D eigenvalue weighted by atomic mass is 35.5. The Morgan fingerprint density at radius 2 is 1.82 bits per heavy atom. The smallest absolute Gasteiger partial charge is 0.247 e. The number of benzene rings is 2. The summed E-state index contributed by atoms with van der Waals surface area (Å²) in [6.45, 7) is 0. The topological polar surface area (TPSA) is 59.9 Å². The average Bonchev–Trinajstić information content (AvgIpc) is 3.10. The minimum absolute atomic E-state index is 0.407. The van der Waals surface area contributed by atoms with Gasteiger partial charge in [-0.2, -0.15) is 4.98 Å². The van der Waals surface area contributed by atoms with Gasteiger partial charge in [-0.25, -0.2) is 0 Å². The summed E-state index contributed by atoms with van der Waals surface area (Å²) in [6, 6.07) is 15.9. The number of ether oxygens (including phenoxy) is 1. The van der Waals surface area contributed by atoms with Gasteiger partial charge in [0.15, 0.2) is 11.4 Å². The molecule has 0 saturated heterocycles. The summed E-state index contributed by atoms with van der Waals surface area (Å²) in [5.41, 5.74) is 3.46. The number of hydrogen-bond donors (Lipinski definition) is 1. The lowest BCUT2D eigenvalue weighted by Crippen LogP contribution is -2.41.